The van der Waals surface area contributed by atoms with E-state index in [1.165, 1.54) is 25.7 Å². The fourth-order valence-electron chi connectivity index (χ4n) is 3.19. The Hall–Kier alpha value is -0.570. The molecule has 98 valence electrons. The van der Waals surface area contributed by atoms with E-state index < -0.39 is 0 Å². The third-order valence-corrected chi connectivity index (χ3v) is 4.33. The van der Waals surface area contributed by atoms with Crippen molar-refractivity contribution in [3.63, 3.8) is 0 Å². The fraction of sp³-hybridized carbons (Fsp3) is 0.929. The van der Waals surface area contributed by atoms with Gasteiger partial charge >= 0.3 is 0 Å². The molecule has 3 nitrogen and oxygen atoms in total. The van der Waals surface area contributed by atoms with Crippen LogP contribution in [0, 0.1) is 5.92 Å². The van der Waals surface area contributed by atoms with Gasteiger partial charge in [-0.3, -0.25) is 4.79 Å². The monoisotopic (exact) mass is 238 g/mol. The Balaban J connectivity index is 1.66. The molecular formula is C14H26N2O. The van der Waals surface area contributed by atoms with E-state index in [2.05, 4.69) is 17.6 Å². The van der Waals surface area contributed by atoms with Crippen molar-refractivity contribution in [1.82, 2.24) is 10.6 Å². The quantitative estimate of drug-likeness (QED) is 0.788. The summed E-state index contributed by atoms with van der Waals surface area (Å²) in [5.41, 5.74) is 0.0991. The summed E-state index contributed by atoms with van der Waals surface area (Å²) in [6.45, 7) is 4.45. The van der Waals surface area contributed by atoms with Gasteiger partial charge in [0.15, 0.2) is 0 Å². The smallest absolute Gasteiger partial charge is 0.220 e. The number of piperidine rings is 1. The third kappa shape index (κ3) is 3.98. The zero-order valence-corrected chi connectivity index (χ0v) is 11.1. The van der Waals surface area contributed by atoms with Crippen molar-refractivity contribution in [3.05, 3.63) is 0 Å². The predicted octanol–water partition coefficient (Wildman–Crippen LogP) is 2.22. The highest BCUT2D eigenvalue weighted by Gasteiger charge is 2.30. The van der Waals surface area contributed by atoms with E-state index in [0.717, 1.165) is 32.4 Å². The third-order valence-electron chi connectivity index (χ3n) is 4.33. The highest BCUT2D eigenvalue weighted by Crippen LogP contribution is 2.29. The minimum Gasteiger partial charge on any atom is -0.351 e. The summed E-state index contributed by atoms with van der Waals surface area (Å²) in [7, 11) is 0. The van der Waals surface area contributed by atoms with Crippen LogP contribution in [0.15, 0.2) is 0 Å². The van der Waals surface area contributed by atoms with Gasteiger partial charge in [-0.1, -0.05) is 12.8 Å². The van der Waals surface area contributed by atoms with Gasteiger partial charge in [-0.25, -0.2) is 0 Å². The first kappa shape index (κ1) is 12.9. The molecule has 2 fully saturated rings. The summed E-state index contributed by atoms with van der Waals surface area (Å²) >= 11 is 0. The van der Waals surface area contributed by atoms with Crippen LogP contribution in [0.25, 0.3) is 0 Å². The number of hydrogen-bond donors (Lipinski definition) is 2. The molecule has 1 amide bonds. The maximum atomic E-state index is 11.9. The number of hydrogen-bond acceptors (Lipinski definition) is 2. The van der Waals surface area contributed by atoms with Crippen LogP contribution in [-0.4, -0.2) is 24.5 Å². The lowest BCUT2D eigenvalue weighted by Gasteiger charge is -2.26. The second-order valence-electron chi connectivity index (χ2n) is 6.07. The van der Waals surface area contributed by atoms with Crippen molar-refractivity contribution in [3.8, 4) is 0 Å². The lowest BCUT2D eigenvalue weighted by Crippen LogP contribution is -2.43. The number of carbonyl (C=O) groups excluding carboxylic acids is 1. The van der Waals surface area contributed by atoms with Gasteiger partial charge in [-0.05, 0) is 58.0 Å². The molecule has 2 N–H and O–H groups in total. The van der Waals surface area contributed by atoms with Crippen molar-refractivity contribution in [2.75, 3.05) is 13.1 Å². The average Bonchev–Trinajstić information content (AvgIpc) is 2.74. The molecule has 0 bridgehead atoms. The van der Waals surface area contributed by atoms with Gasteiger partial charge in [-0.15, -0.1) is 0 Å². The van der Waals surface area contributed by atoms with Gasteiger partial charge in [0.25, 0.3) is 0 Å². The van der Waals surface area contributed by atoms with Crippen LogP contribution in [0.3, 0.4) is 0 Å². The number of rotatable bonds is 4. The van der Waals surface area contributed by atoms with Crippen LogP contribution < -0.4 is 10.6 Å². The first-order valence-electron chi connectivity index (χ1n) is 7.20. The Bertz CT molecular complexity index is 253. The molecule has 0 aromatic carbocycles. The fourth-order valence-corrected chi connectivity index (χ4v) is 3.19. The molecule has 2 rings (SSSR count). The Kier molecular flexibility index (Phi) is 4.43. The standard InChI is InChI=1S/C14H26N2O/c1-14(8-2-3-9-14)16-13(17)7-6-12-5-4-10-15-11-12/h12,15H,2-11H2,1H3,(H,16,17). The SMILES string of the molecule is CC1(NC(=O)CCC2CCCNC2)CCCC1. The maximum Gasteiger partial charge on any atom is 0.220 e. The number of amides is 1. The van der Waals surface area contributed by atoms with Crippen LogP contribution in [0.4, 0.5) is 0 Å². The molecule has 0 aromatic heterocycles. The molecule has 1 saturated carbocycles. The van der Waals surface area contributed by atoms with Crippen LogP contribution in [-0.2, 0) is 4.79 Å². The van der Waals surface area contributed by atoms with Gasteiger partial charge in [0.1, 0.15) is 0 Å². The van der Waals surface area contributed by atoms with Gasteiger partial charge in [0.2, 0.25) is 5.91 Å². The maximum absolute atomic E-state index is 11.9. The minimum atomic E-state index is 0.0991. The van der Waals surface area contributed by atoms with Crippen molar-refractivity contribution < 1.29 is 4.79 Å². The second kappa shape index (κ2) is 5.85. The molecule has 1 unspecified atom stereocenters. The zero-order valence-electron chi connectivity index (χ0n) is 11.1. The molecule has 0 spiro atoms. The molecule has 1 atom stereocenters. The zero-order chi connectivity index (χ0) is 12.1. The van der Waals surface area contributed by atoms with Crippen LogP contribution >= 0.6 is 0 Å². The molecule has 1 heterocycles. The minimum absolute atomic E-state index is 0.0991. The number of nitrogens with one attached hydrogen (secondary N) is 2. The van der Waals surface area contributed by atoms with Gasteiger partial charge in [-0.2, -0.15) is 0 Å². The Morgan fingerprint density at radius 2 is 2.12 bits per heavy atom. The molecular weight excluding hydrogens is 212 g/mol. The Morgan fingerprint density at radius 1 is 1.35 bits per heavy atom. The first-order chi connectivity index (χ1) is 8.18. The van der Waals surface area contributed by atoms with Crippen LogP contribution in [0.2, 0.25) is 0 Å². The summed E-state index contributed by atoms with van der Waals surface area (Å²) in [6.07, 6.45) is 9.17. The van der Waals surface area contributed by atoms with Crippen LogP contribution in [0.5, 0.6) is 0 Å². The van der Waals surface area contributed by atoms with E-state index in [1.807, 2.05) is 0 Å². The predicted molar refractivity (Wildman–Crippen MR) is 69.8 cm³/mol. The largest absolute Gasteiger partial charge is 0.351 e. The molecule has 0 radical (unpaired) electrons. The lowest BCUT2D eigenvalue weighted by molar-refractivity contribution is -0.123. The van der Waals surface area contributed by atoms with E-state index in [9.17, 15) is 4.79 Å². The van der Waals surface area contributed by atoms with Gasteiger partial charge < -0.3 is 10.6 Å². The summed E-state index contributed by atoms with van der Waals surface area (Å²) < 4.78 is 0. The molecule has 17 heavy (non-hydrogen) atoms. The Labute approximate surface area is 105 Å². The molecule has 0 aromatic rings. The van der Waals surface area contributed by atoms with Gasteiger partial charge in [0, 0.05) is 12.0 Å². The highest BCUT2D eigenvalue weighted by atomic mass is 16.1. The summed E-state index contributed by atoms with van der Waals surface area (Å²) in [5.74, 6) is 0.978. The molecule has 1 saturated heterocycles. The molecule has 2 aliphatic rings. The molecule has 1 aliphatic heterocycles. The molecule has 3 heteroatoms. The van der Waals surface area contributed by atoms with E-state index in [-0.39, 0.29) is 11.4 Å². The normalized spacial score (nSPS) is 27.9. The van der Waals surface area contributed by atoms with Crippen molar-refractivity contribution >= 4 is 5.91 Å². The van der Waals surface area contributed by atoms with Crippen molar-refractivity contribution in [2.45, 2.75) is 63.8 Å². The van der Waals surface area contributed by atoms with E-state index in [4.69, 9.17) is 0 Å². The number of carbonyl (C=O) groups is 1. The topological polar surface area (TPSA) is 41.1 Å². The lowest BCUT2D eigenvalue weighted by atomic mass is 9.94. The second-order valence-corrected chi connectivity index (χ2v) is 6.07. The first-order valence-corrected chi connectivity index (χ1v) is 7.20. The van der Waals surface area contributed by atoms with E-state index in [0.29, 0.717) is 12.3 Å². The summed E-state index contributed by atoms with van der Waals surface area (Å²) in [4.78, 5) is 11.9. The van der Waals surface area contributed by atoms with E-state index >= 15 is 0 Å². The summed E-state index contributed by atoms with van der Waals surface area (Å²) in [6, 6.07) is 0. The highest BCUT2D eigenvalue weighted by molar-refractivity contribution is 5.76. The summed E-state index contributed by atoms with van der Waals surface area (Å²) in [5, 5.41) is 6.64. The van der Waals surface area contributed by atoms with Crippen LogP contribution in [0.1, 0.15) is 58.3 Å². The Morgan fingerprint density at radius 3 is 2.76 bits per heavy atom. The van der Waals surface area contributed by atoms with E-state index in [1.54, 1.807) is 0 Å². The van der Waals surface area contributed by atoms with Crippen molar-refractivity contribution in [1.29, 1.82) is 0 Å². The van der Waals surface area contributed by atoms with Crippen molar-refractivity contribution in [2.24, 2.45) is 5.92 Å². The molecule has 1 aliphatic carbocycles. The average molecular weight is 238 g/mol. The van der Waals surface area contributed by atoms with Gasteiger partial charge in [0.05, 0.1) is 0 Å².